The SMILES string of the molecule is CC1(C)CCCC2=C1C[C@H](C(=O)[O-])[C@H](C(=O)N1CCCCC1)C2. The molecule has 1 saturated heterocycles. The van der Waals surface area contributed by atoms with Crippen LogP contribution in [0, 0.1) is 17.3 Å². The van der Waals surface area contributed by atoms with Gasteiger partial charge in [0.05, 0.1) is 5.92 Å². The lowest BCUT2D eigenvalue weighted by Crippen LogP contribution is -2.48. The highest BCUT2D eigenvalue weighted by Crippen LogP contribution is 2.49. The van der Waals surface area contributed by atoms with Crippen LogP contribution in [-0.4, -0.2) is 29.9 Å². The van der Waals surface area contributed by atoms with Crippen LogP contribution in [0.25, 0.3) is 0 Å². The summed E-state index contributed by atoms with van der Waals surface area (Å²) in [6.07, 6.45) is 7.67. The molecule has 0 saturated carbocycles. The Morgan fingerprint density at radius 3 is 2.39 bits per heavy atom. The largest absolute Gasteiger partial charge is 0.550 e. The van der Waals surface area contributed by atoms with E-state index in [0.717, 1.165) is 45.2 Å². The zero-order valence-corrected chi connectivity index (χ0v) is 14.4. The number of carboxylic acid groups (broad SMARTS) is 1. The Hall–Kier alpha value is -1.32. The van der Waals surface area contributed by atoms with E-state index < -0.39 is 17.8 Å². The second-order valence-corrected chi connectivity index (χ2v) is 8.15. The number of carboxylic acids is 1. The average Bonchev–Trinajstić information content (AvgIpc) is 2.53. The number of carbonyl (C=O) groups excluding carboxylic acids is 2. The molecule has 0 unspecified atom stereocenters. The molecular weight excluding hydrogens is 290 g/mol. The topological polar surface area (TPSA) is 60.4 Å². The number of rotatable bonds is 2. The number of allylic oxidation sites excluding steroid dienone is 2. The smallest absolute Gasteiger partial charge is 0.226 e. The number of hydrogen-bond donors (Lipinski definition) is 0. The summed E-state index contributed by atoms with van der Waals surface area (Å²) in [4.78, 5) is 26.5. The number of nitrogens with zero attached hydrogens (tertiary/aromatic N) is 1. The van der Waals surface area contributed by atoms with Gasteiger partial charge in [-0.15, -0.1) is 0 Å². The van der Waals surface area contributed by atoms with Gasteiger partial charge in [-0.05, 0) is 56.8 Å². The molecule has 0 aromatic carbocycles. The van der Waals surface area contributed by atoms with Crippen molar-refractivity contribution in [2.24, 2.45) is 17.3 Å². The Kier molecular flexibility index (Phi) is 4.52. The van der Waals surface area contributed by atoms with Crippen molar-refractivity contribution in [3.63, 3.8) is 0 Å². The van der Waals surface area contributed by atoms with Crippen molar-refractivity contribution in [1.82, 2.24) is 4.90 Å². The highest BCUT2D eigenvalue weighted by atomic mass is 16.4. The molecular formula is C19H28NO3-. The maximum Gasteiger partial charge on any atom is 0.226 e. The minimum atomic E-state index is -1.05. The number of piperidine rings is 1. The van der Waals surface area contributed by atoms with Crippen molar-refractivity contribution in [1.29, 1.82) is 0 Å². The van der Waals surface area contributed by atoms with Crippen molar-refractivity contribution in [2.45, 2.75) is 65.2 Å². The van der Waals surface area contributed by atoms with E-state index >= 15 is 0 Å². The molecule has 0 radical (unpaired) electrons. The van der Waals surface area contributed by atoms with Crippen LogP contribution in [0.15, 0.2) is 11.1 Å². The van der Waals surface area contributed by atoms with E-state index in [1.165, 1.54) is 17.6 Å². The summed E-state index contributed by atoms with van der Waals surface area (Å²) in [6, 6.07) is 0. The molecule has 23 heavy (non-hydrogen) atoms. The first-order valence-electron chi connectivity index (χ1n) is 9.11. The first-order valence-corrected chi connectivity index (χ1v) is 9.11. The predicted molar refractivity (Wildman–Crippen MR) is 86.3 cm³/mol. The van der Waals surface area contributed by atoms with Crippen LogP contribution in [0.5, 0.6) is 0 Å². The van der Waals surface area contributed by atoms with Crippen LogP contribution >= 0.6 is 0 Å². The summed E-state index contributed by atoms with van der Waals surface area (Å²) in [5.74, 6) is -2.06. The normalized spacial score (nSPS) is 30.8. The highest BCUT2D eigenvalue weighted by molar-refractivity contribution is 5.85. The standard InChI is InChI=1S/C19H29NO3/c1-19(2)8-6-7-13-11-14(15(18(22)23)12-16(13)19)17(21)20-9-4-3-5-10-20/h14-15H,3-12H2,1-2H3,(H,22,23)/p-1/t14-,15+/m1/s1. The third-order valence-corrected chi connectivity index (χ3v) is 6.19. The molecule has 4 nitrogen and oxygen atoms in total. The predicted octanol–water partition coefficient (Wildman–Crippen LogP) is 2.28. The van der Waals surface area contributed by atoms with Gasteiger partial charge in [0.15, 0.2) is 0 Å². The molecule has 3 rings (SSSR count). The lowest BCUT2D eigenvalue weighted by molar-refractivity contribution is -0.313. The van der Waals surface area contributed by atoms with Crippen molar-refractivity contribution < 1.29 is 14.7 Å². The van der Waals surface area contributed by atoms with Gasteiger partial charge in [-0.25, -0.2) is 0 Å². The molecule has 2 atom stereocenters. The zero-order valence-electron chi connectivity index (χ0n) is 14.4. The second kappa shape index (κ2) is 6.29. The summed E-state index contributed by atoms with van der Waals surface area (Å²) < 4.78 is 0. The molecule has 0 bridgehead atoms. The molecule has 0 aromatic rings. The van der Waals surface area contributed by atoms with Crippen molar-refractivity contribution >= 4 is 11.9 Å². The number of carbonyl (C=O) groups is 2. The van der Waals surface area contributed by atoms with E-state index in [0.29, 0.717) is 12.8 Å². The van der Waals surface area contributed by atoms with Gasteiger partial charge < -0.3 is 14.8 Å². The lowest BCUT2D eigenvalue weighted by atomic mass is 9.63. The van der Waals surface area contributed by atoms with Crippen molar-refractivity contribution in [3.05, 3.63) is 11.1 Å². The molecule has 2 aliphatic carbocycles. The number of likely N-dealkylation sites (tertiary alicyclic amines) is 1. The Morgan fingerprint density at radius 2 is 1.74 bits per heavy atom. The monoisotopic (exact) mass is 318 g/mol. The van der Waals surface area contributed by atoms with Gasteiger partial charge >= 0.3 is 0 Å². The van der Waals surface area contributed by atoms with Gasteiger partial charge in [0.2, 0.25) is 5.91 Å². The van der Waals surface area contributed by atoms with E-state index in [1.54, 1.807) is 0 Å². The number of hydrogen-bond acceptors (Lipinski definition) is 3. The van der Waals surface area contributed by atoms with Gasteiger partial charge in [0.25, 0.3) is 0 Å². The van der Waals surface area contributed by atoms with Crippen LogP contribution in [0.1, 0.15) is 65.2 Å². The van der Waals surface area contributed by atoms with E-state index in [9.17, 15) is 14.7 Å². The van der Waals surface area contributed by atoms with Crippen LogP contribution in [-0.2, 0) is 9.59 Å². The summed E-state index contributed by atoms with van der Waals surface area (Å²) >= 11 is 0. The van der Waals surface area contributed by atoms with E-state index in [-0.39, 0.29) is 11.3 Å². The maximum atomic E-state index is 12.9. The first-order chi connectivity index (χ1) is 10.9. The Bertz CT molecular complexity index is 529. The summed E-state index contributed by atoms with van der Waals surface area (Å²) in [5.41, 5.74) is 2.72. The molecule has 0 N–H and O–H groups in total. The minimum Gasteiger partial charge on any atom is -0.550 e. The molecule has 0 aromatic heterocycles. The second-order valence-electron chi connectivity index (χ2n) is 8.15. The van der Waals surface area contributed by atoms with Gasteiger partial charge in [0, 0.05) is 25.0 Å². The molecule has 4 heteroatoms. The van der Waals surface area contributed by atoms with Gasteiger partial charge in [-0.1, -0.05) is 25.0 Å². The fourth-order valence-electron chi connectivity index (χ4n) is 4.80. The van der Waals surface area contributed by atoms with E-state index in [1.807, 2.05) is 4.90 Å². The summed E-state index contributed by atoms with van der Waals surface area (Å²) in [7, 11) is 0. The van der Waals surface area contributed by atoms with Crippen LogP contribution in [0.2, 0.25) is 0 Å². The fraction of sp³-hybridized carbons (Fsp3) is 0.789. The molecule has 1 aliphatic heterocycles. The summed E-state index contributed by atoms with van der Waals surface area (Å²) in [5, 5.41) is 11.7. The van der Waals surface area contributed by atoms with Gasteiger partial charge in [0.1, 0.15) is 0 Å². The van der Waals surface area contributed by atoms with E-state index in [4.69, 9.17) is 0 Å². The molecule has 3 aliphatic rings. The maximum absolute atomic E-state index is 12.9. The van der Waals surface area contributed by atoms with Crippen molar-refractivity contribution in [3.8, 4) is 0 Å². The van der Waals surface area contributed by atoms with Gasteiger partial charge in [-0.2, -0.15) is 0 Å². The molecule has 0 spiro atoms. The van der Waals surface area contributed by atoms with Crippen molar-refractivity contribution in [2.75, 3.05) is 13.1 Å². The lowest BCUT2D eigenvalue weighted by Gasteiger charge is -2.44. The highest BCUT2D eigenvalue weighted by Gasteiger charge is 2.42. The summed E-state index contributed by atoms with van der Waals surface area (Å²) in [6.45, 7) is 5.99. The Labute approximate surface area is 138 Å². The Balaban J connectivity index is 1.86. The Morgan fingerprint density at radius 1 is 1.04 bits per heavy atom. The molecule has 1 fully saturated rings. The number of amides is 1. The average molecular weight is 318 g/mol. The third kappa shape index (κ3) is 3.17. The van der Waals surface area contributed by atoms with Crippen LogP contribution in [0.3, 0.4) is 0 Å². The molecule has 128 valence electrons. The quantitative estimate of drug-likeness (QED) is 0.734. The first kappa shape index (κ1) is 16.5. The fourth-order valence-corrected chi connectivity index (χ4v) is 4.80. The molecule has 1 amide bonds. The van der Waals surface area contributed by atoms with Crippen LogP contribution < -0.4 is 5.11 Å². The molecule has 1 heterocycles. The third-order valence-electron chi connectivity index (χ3n) is 6.19. The number of aliphatic carboxylic acids is 1. The zero-order chi connectivity index (χ0) is 16.6. The van der Waals surface area contributed by atoms with E-state index in [2.05, 4.69) is 13.8 Å². The van der Waals surface area contributed by atoms with Gasteiger partial charge in [-0.3, -0.25) is 4.79 Å². The minimum absolute atomic E-state index is 0.0498. The van der Waals surface area contributed by atoms with Crippen LogP contribution in [0.4, 0.5) is 0 Å².